The molecule has 0 unspecified atom stereocenters. The first-order chi connectivity index (χ1) is 5.95. The molecule has 5 heteroatoms. The van der Waals surface area contributed by atoms with Crippen LogP contribution < -0.4 is 0 Å². The van der Waals surface area contributed by atoms with E-state index in [0.29, 0.717) is 5.56 Å². The number of carbonyl (C=O) groups is 1. The summed E-state index contributed by atoms with van der Waals surface area (Å²) in [5.74, 6) is -1.24. The summed E-state index contributed by atoms with van der Waals surface area (Å²) >= 11 is 4.12. The Kier molecular flexibility index (Phi) is 3.38. The van der Waals surface area contributed by atoms with Gasteiger partial charge in [-0.1, -0.05) is 0 Å². The third-order valence-electron chi connectivity index (χ3n) is 1.65. The molecule has 0 aromatic heterocycles. The molecule has 0 aliphatic heterocycles. The number of halogens is 2. The predicted octanol–water partition coefficient (Wildman–Crippen LogP) is 2.61. The molecule has 1 aromatic rings. The standard InChI is InChI=1S/C8H6I2O3/c1-3-6(10)5(9)2-4(7(3)11)8(12)13/h2,11H,1H3,(H,12,13). The first-order valence-corrected chi connectivity index (χ1v) is 5.51. The summed E-state index contributed by atoms with van der Waals surface area (Å²) in [6.07, 6.45) is 0. The average Bonchev–Trinajstić information content (AvgIpc) is 2.07. The van der Waals surface area contributed by atoms with Crippen LogP contribution in [0.5, 0.6) is 5.75 Å². The van der Waals surface area contributed by atoms with E-state index in [1.807, 2.05) is 22.6 Å². The first kappa shape index (κ1) is 11.0. The average molecular weight is 404 g/mol. The summed E-state index contributed by atoms with van der Waals surface area (Å²) in [4.78, 5) is 10.7. The quantitative estimate of drug-likeness (QED) is 0.709. The molecule has 0 atom stereocenters. The van der Waals surface area contributed by atoms with Crippen LogP contribution in [0.25, 0.3) is 0 Å². The minimum absolute atomic E-state index is 0.0395. The topological polar surface area (TPSA) is 57.5 Å². The Morgan fingerprint density at radius 1 is 1.46 bits per heavy atom. The van der Waals surface area contributed by atoms with Crippen molar-refractivity contribution < 1.29 is 15.0 Å². The van der Waals surface area contributed by atoms with Crippen LogP contribution in [-0.4, -0.2) is 16.2 Å². The number of rotatable bonds is 1. The summed E-state index contributed by atoms with van der Waals surface area (Å²) in [5.41, 5.74) is 0.576. The summed E-state index contributed by atoms with van der Waals surface area (Å²) in [5, 5.41) is 18.2. The normalized spacial score (nSPS) is 10.1. The highest BCUT2D eigenvalue weighted by molar-refractivity contribution is 14.1. The Balaban J connectivity index is 3.50. The molecule has 0 aliphatic rings. The molecule has 0 saturated carbocycles. The van der Waals surface area contributed by atoms with Crippen LogP contribution in [0.1, 0.15) is 15.9 Å². The third-order valence-corrected chi connectivity index (χ3v) is 4.92. The van der Waals surface area contributed by atoms with E-state index in [1.54, 1.807) is 6.92 Å². The first-order valence-electron chi connectivity index (χ1n) is 3.36. The van der Waals surface area contributed by atoms with Crippen molar-refractivity contribution in [2.24, 2.45) is 0 Å². The van der Waals surface area contributed by atoms with Gasteiger partial charge in [-0.2, -0.15) is 0 Å². The second kappa shape index (κ2) is 3.99. The number of hydrogen-bond donors (Lipinski definition) is 2. The minimum Gasteiger partial charge on any atom is -0.507 e. The monoisotopic (exact) mass is 404 g/mol. The number of carboxylic acid groups (broad SMARTS) is 1. The van der Waals surface area contributed by atoms with E-state index in [0.717, 1.165) is 7.14 Å². The number of benzene rings is 1. The van der Waals surface area contributed by atoms with Gasteiger partial charge in [0.2, 0.25) is 0 Å². The molecule has 0 heterocycles. The Morgan fingerprint density at radius 2 is 2.00 bits per heavy atom. The SMILES string of the molecule is Cc1c(O)c(C(=O)O)cc(I)c1I. The van der Waals surface area contributed by atoms with Gasteiger partial charge < -0.3 is 10.2 Å². The summed E-state index contributed by atoms with van der Waals surface area (Å²) in [7, 11) is 0. The van der Waals surface area contributed by atoms with Crippen LogP contribution in [0, 0.1) is 14.1 Å². The molecule has 0 amide bonds. The van der Waals surface area contributed by atoms with E-state index in [2.05, 4.69) is 22.6 Å². The van der Waals surface area contributed by atoms with Crippen molar-refractivity contribution in [3.63, 3.8) is 0 Å². The smallest absolute Gasteiger partial charge is 0.339 e. The molecule has 0 radical (unpaired) electrons. The number of hydrogen-bond acceptors (Lipinski definition) is 2. The molecule has 0 spiro atoms. The van der Waals surface area contributed by atoms with Gasteiger partial charge in [0, 0.05) is 12.7 Å². The predicted molar refractivity (Wildman–Crippen MR) is 65.2 cm³/mol. The molecule has 1 aromatic carbocycles. The molecule has 0 fully saturated rings. The van der Waals surface area contributed by atoms with Gasteiger partial charge in [-0.15, -0.1) is 0 Å². The van der Waals surface area contributed by atoms with Crippen molar-refractivity contribution in [2.45, 2.75) is 6.92 Å². The van der Waals surface area contributed by atoms with Gasteiger partial charge in [0.1, 0.15) is 11.3 Å². The van der Waals surface area contributed by atoms with E-state index >= 15 is 0 Å². The summed E-state index contributed by atoms with van der Waals surface area (Å²) in [6.45, 7) is 1.70. The van der Waals surface area contributed by atoms with E-state index in [1.165, 1.54) is 6.07 Å². The van der Waals surface area contributed by atoms with Crippen molar-refractivity contribution in [3.05, 3.63) is 24.3 Å². The fraction of sp³-hybridized carbons (Fsp3) is 0.125. The van der Waals surface area contributed by atoms with E-state index < -0.39 is 5.97 Å². The van der Waals surface area contributed by atoms with Gasteiger partial charge >= 0.3 is 5.97 Å². The maximum atomic E-state index is 10.7. The van der Waals surface area contributed by atoms with Gasteiger partial charge in [0.25, 0.3) is 0 Å². The lowest BCUT2D eigenvalue weighted by atomic mass is 10.1. The molecule has 0 saturated heterocycles. The van der Waals surface area contributed by atoms with Crippen molar-refractivity contribution in [1.29, 1.82) is 0 Å². The van der Waals surface area contributed by atoms with Crippen LogP contribution in [0.3, 0.4) is 0 Å². The zero-order valence-corrected chi connectivity index (χ0v) is 11.0. The van der Waals surface area contributed by atoms with Crippen LogP contribution in [-0.2, 0) is 0 Å². The van der Waals surface area contributed by atoms with Crippen LogP contribution in [0.4, 0.5) is 0 Å². The molecular formula is C8H6I2O3. The van der Waals surface area contributed by atoms with E-state index in [4.69, 9.17) is 5.11 Å². The zero-order chi connectivity index (χ0) is 10.2. The maximum absolute atomic E-state index is 10.7. The van der Waals surface area contributed by atoms with Crippen LogP contribution >= 0.6 is 45.2 Å². The highest BCUT2D eigenvalue weighted by Crippen LogP contribution is 2.30. The number of carboxylic acids is 1. The van der Waals surface area contributed by atoms with Gasteiger partial charge in [0.15, 0.2) is 0 Å². The Morgan fingerprint density at radius 3 is 2.46 bits per heavy atom. The highest BCUT2D eigenvalue weighted by atomic mass is 127. The fourth-order valence-corrected chi connectivity index (χ4v) is 2.03. The lowest BCUT2D eigenvalue weighted by Crippen LogP contribution is -2.00. The number of aromatic carboxylic acids is 1. The van der Waals surface area contributed by atoms with E-state index in [-0.39, 0.29) is 11.3 Å². The largest absolute Gasteiger partial charge is 0.507 e. The van der Waals surface area contributed by atoms with Crippen LogP contribution in [0.15, 0.2) is 6.07 Å². The summed E-state index contributed by atoms with van der Waals surface area (Å²) < 4.78 is 1.73. The fourth-order valence-electron chi connectivity index (χ4n) is 0.907. The Hall–Kier alpha value is -0.0500. The second-order valence-electron chi connectivity index (χ2n) is 2.50. The van der Waals surface area contributed by atoms with Crippen molar-refractivity contribution >= 4 is 51.2 Å². The maximum Gasteiger partial charge on any atom is 0.339 e. The lowest BCUT2D eigenvalue weighted by Gasteiger charge is -2.07. The molecule has 13 heavy (non-hydrogen) atoms. The zero-order valence-electron chi connectivity index (χ0n) is 6.64. The molecule has 0 bridgehead atoms. The van der Waals surface area contributed by atoms with Gasteiger partial charge in [-0.05, 0) is 58.2 Å². The molecule has 3 nitrogen and oxygen atoms in total. The van der Waals surface area contributed by atoms with Crippen molar-refractivity contribution in [1.82, 2.24) is 0 Å². The molecule has 0 aliphatic carbocycles. The molecule has 1 rings (SSSR count). The third kappa shape index (κ3) is 2.06. The van der Waals surface area contributed by atoms with Crippen molar-refractivity contribution in [2.75, 3.05) is 0 Å². The second-order valence-corrected chi connectivity index (χ2v) is 4.74. The highest BCUT2D eigenvalue weighted by Gasteiger charge is 2.15. The van der Waals surface area contributed by atoms with Gasteiger partial charge in [0.05, 0.1) is 0 Å². The van der Waals surface area contributed by atoms with Gasteiger partial charge in [-0.25, -0.2) is 4.79 Å². The lowest BCUT2D eigenvalue weighted by molar-refractivity contribution is 0.0693. The summed E-state index contributed by atoms with van der Waals surface area (Å²) in [6, 6.07) is 1.47. The number of aromatic hydroxyl groups is 1. The van der Waals surface area contributed by atoms with E-state index in [9.17, 15) is 9.90 Å². The van der Waals surface area contributed by atoms with Crippen LogP contribution in [0.2, 0.25) is 0 Å². The Bertz CT molecular complexity index is 374. The number of phenols is 1. The van der Waals surface area contributed by atoms with Gasteiger partial charge in [-0.3, -0.25) is 0 Å². The molecule has 2 N–H and O–H groups in total. The Labute approximate surface area is 102 Å². The molecule has 70 valence electrons. The van der Waals surface area contributed by atoms with Crippen molar-refractivity contribution in [3.8, 4) is 5.75 Å². The minimum atomic E-state index is -1.10. The molecular weight excluding hydrogens is 398 g/mol.